The number of hydrogen-bond donors (Lipinski definition) is 0. The first-order chi connectivity index (χ1) is 26.0. The van der Waals surface area contributed by atoms with E-state index in [1.807, 2.05) is 0 Å². The highest BCUT2D eigenvalue weighted by Crippen LogP contribution is 2.57. The predicted molar refractivity (Wildman–Crippen MR) is 226 cm³/mol. The van der Waals surface area contributed by atoms with Crippen LogP contribution in [0.3, 0.4) is 0 Å². The lowest BCUT2D eigenvalue weighted by Gasteiger charge is -2.28. The van der Waals surface area contributed by atoms with Crippen LogP contribution in [0.4, 0.5) is 11.4 Å². The van der Waals surface area contributed by atoms with Crippen LogP contribution in [0, 0.1) is 0 Å². The minimum atomic E-state index is -0.250. The average Bonchev–Trinajstić information content (AvgIpc) is 3.71. The lowest BCUT2D eigenvalue weighted by molar-refractivity contribution is 0.658. The van der Waals surface area contributed by atoms with Crippen LogP contribution < -0.4 is 4.90 Å². The molecule has 0 radical (unpaired) electrons. The third kappa shape index (κ3) is 4.93. The Bertz CT molecular complexity index is 2860. The number of benzene rings is 7. The van der Waals surface area contributed by atoms with Crippen LogP contribution >= 0.6 is 0 Å². The number of nitrogens with zero attached hydrogens (tertiary/aromatic N) is 1. The van der Waals surface area contributed by atoms with E-state index >= 15 is 0 Å². The zero-order valence-electron chi connectivity index (χ0n) is 30.5. The molecular formula is C51H41NO. The van der Waals surface area contributed by atoms with Crippen LogP contribution in [0.25, 0.3) is 71.3 Å². The van der Waals surface area contributed by atoms with Crippen LogP contribution in [0.15, 0.2) is 162 Å². The Labute approximate surface area is 311 Å². The summed E-state index contributed by atoms with van der Waals surface area (Å²) in [6.07, 6.45) is 13.5. The van der Waals surface area contributed by atoms with Crippen LogP contribution in [-0.4, -0.2) is 6.54 Å². The first kappa shape index (κ1) is 31.6. The topological polar surface area (TPSA) is 16.4 Å². The smallest absolute Gasteiger partial charge is 0.144 e. The standard InChI is InChI=1S/C51H41NO/c1-4-5-29-52(38-20-13-19-36(31-38)33-15-7-6-8-16-33)39-27-28-43-45(32-39)51(2,3)48-42-22-12-11-21-41(42)46-44-24-14-23-40(49(44)53-50(46)47(43)48)37-26-25-34-17-9-10-18-35(34)30-37/h4-5,7,9-28,30-32H,6,8,29H2,1-3H3/b5-4-. The van der Waals surface area contributed by atoms with Crippen molar-refractivity contribution >= 4 is 60.4 Å². The van der Waals surface area contributed by atoms with Crippen molar-refractivity contribution in [1.82, 2.24) is 0 Å². The zero-order chi connectivity index (χ0) is 35.7. The van der Waals surface area contributed by atoms with Gasteiger partial charge in [-0.25, -0.2) is 0 Å². The normalized spacial score (nSPS) is 14.7. The van der Waals surface area contributed by atoms with Crippen molar-refractivity contribution < 1.29 is 4.42 Å². The van der Waals surface area contributed by atoms with Crippen LogP contribution in [-0.2, 0) is 5.41 Å². The lowest BCUT2D eigenvalue weighted by atomic mass is 9.79. The zero-order valence-corrected chi connectivity index (χ0v) is 30.5. The third-order valence-electron chi connectivity index (χ3n) is 11.6. The minimum absolute atomic E-state index is 0.250. The van der Waals surface area contributed by atoms with E-state index in [4.69, 9.17) is 4.42 Å². The molecule has 2 nitrogen and oxygen atoms in total. The molecule has 1 aromatic heterocycles. The highest BCUT2D eigenvalue weighted by atomic mass is 16.3. The third-order valence-corrected chi connectivity index (χ3v) is 11.6. The molecule has 0 unspecified atom stereocenters. The largest absolute Gasteiger partial charge is 0.455 e. The lowest BCUT2D eigenvalue weighted by Crippen LogP contribution is -2.19. The fourth-order valence-electron chi connectivity index (χ4n) is 9.04. The van der Waals surface area contributed by atoms with Gasteiger partial charge < -0.3 is 9.32 Å². The summed E-state index contributed by atoms with van der Waals surface area (Å²) in [5, 5.41) is 7.37. The Balaban J connectivity index is 1.18. The highest BCUT2D eigenvalue weighted by Gasteiger charge is 2.40. The van der Waals surface area contributed by atoms with Crippen LogP contribution in [0.5, 0.6) is 0 Å². The van der Waals surface area contributed by atoms with Gasteiger partial charge in [0.25, 0.3) is 0 Å². The molecule has 2 aliphatic carbocycles. The number of allylic oxidation sites excluding steroid dienone is 5. The number of para-hydroxylation sites is 1. The number of rotatable bonds is 6. The summed E-state index contributed by atoms with van der Waals surface area (Å²) >= 11 is 0. The molecule has 0 saturated heterocycles. The summed E-state index contributed by atoms with van der Waals surface area (Å²) in [6.45, 7) is 7.67. The van der Waals surface area contributed by atoms with Crippen molar-refractivity contribution in [3.8, 4) is 22.3 Å². The monoisotopic (exact) mass is 683 g/mol. The van der Waals surface area contributed by atoms with Gasteiger partial charge in [-0.05, 0) is 105 Å². The Hall–Kier alpha value is -6.12. The first-order valence-electron chi connectivity index (χ1n) is 18.9. The molecule has 2 heteroatoms. The van der Waals surface area contributed by atoms with E-state index < -0.39 is 0 Å². The molecule has 2 aliphatic rings. The molecule has 1 heterocycles. The molecule has 0 bridgehead atoms. The fourth-order valence-corrected chi connectivity index (χ4v) is 9.04. The van der Waals surface area contributed by atoms with E-state index in [-0.39, 0.29) is 5.41 Å². The quantitative estimate of drug-likeness (QED) is 0.162. The Morgan fingerprint density at radius 3 is 2.30 bits per heavy atom. The van der Waals surface area contributed by atoms with Crippen molar-refractivity contribution in [2.75, 3.05) is 11.4 Å². The molecule has 0 saturated carbocycles. The fraction of sp³-hybridized carbons (Fsp3) is 0.137. The second-order valence-electron chi connectivity index (χ2n) is 15.1. The summed E-state index contributed by atoms with van der Waals surface area (Å²) in [5.41, 5.74) is 14.1. The Morgan fingerprint density at radius 2 is 1.45 bits per heavy atom. The second kappa shape index (κ2) is 12.2. The van der Waals surface area contributed by atoms with E-state index in [1.54, 1.807) is 0 Å². The minimum Gasteiger partial charge on any atom is -0.455 e. The van der Waals surface area contributed by atoms with Gasteiger partial charge in [-0.15, -0.1) is 0 Å². The van der Waals surface area contributed by atoms with E-state index in [2.05, 4.69) is 183 Å². The maximum atomic E-state index is 7.19. The molecule has 0 fully saturated rings. The van der Waals surface area contributed by atoms with Gasteiger partial charge in [0, 0.05) is 45.2 Å². The number of fused-ring (bicyclic) bond motifs is 11. The Kier molecular flexibility index (Phi) is 7.30. The SMILES string of the molecule is C/C=C\CN(c1cccc(C2=CCCC=C2)c1)c1ccc2c(c1)C(C)(C)c1c-2c2oc3c(-c4ccc5ccccc5c4)cccc3c2c2ccccc12. The number of furan rings is 1. The van der Waals surface area contributed by atoms with Crippen LogP contribution in [0.1, 0.15) is 50.3 Å². The van der Waals surface area contributed by atoms with Crippen molar-refractivity contribution in [3.63, 3.8) is 0 Å². The van der Waals surface area contributed by atoms with Gasteiger partial charge >= 0.3 is 0 Å². The molecule has 7 aromatic carbocycles. The highest BCUT2D eigenvalue weighted by molar-refractivity contribution is 6.26. The average molecular weight is 684 g/mol. The van der Waals surface area contributed by atoms with Crippen molar-refractivity contribution in [1.29, 1.82) is 0 Å². The first-order valence-corrected chi connectivity index (χ1v) is 18.9. The van der Waals surface area contributed by atoms with Crippen molar-refractivity contribution in [2.24, 2.45) is 0 Å². The molecule has 53 heavy (non-hydrogen) atoms. The van der Waals surface area contributed by atoms with E-state index in [0.717, 1.165) is 41.5 Å². The van der Waals surface area contributed by atoms with Gasteiger partial charge in [-0.3, -0.25) is 0 Å². The van der Waals surface area contributed by atoms with E-state index in [9.17, 15) is 0 Å². The molecule has 0 atom stereocenters. The predicted octanol–water partition coefficient (Wildman–Crippen LogP) is 14.3. The van der Waals surface area contributed by atoms with Gasteiger partial charge in [0.15, 0.2) is 0 Å². The molecule has 8 aromatic rings. The molecule has 256 valence electrons. The van der Waals surface area contributed by atoms with Gasteiger partial charge in [0.1, 0.15) is 11.2 Å². The van der Waals surface area contributed by atoms with E-state index in [0.29, 0.717) is 0 Å². The number of hydrogen-bond acceptors (Lipinski definition) is 2. The molecule has 0 spiro atoms. The second-order valence-corrected chi connectivity index (χ2v) is 15.1. The molecule has 10 rings (SSSR count). The summed E-state index contributed by atoms with van der Waals surface area (Å²) in [5.74, 6) is 0. The van der Waals surface area contributed by atoms with Crippen molar-refractivity contribution in [2.45, 2.75) is 39.0 Å². The van der Waals surface area contributed by atoms with E-state index in [1.165, 1.54) is 77.3 Å². The van der Waals surface area contributed by atoms with Gasteiger partial charge in [-0.2, -0.15) is 0 Å². The van der Waals surface area contributed by atoms with Crippen molar-refractivity contribution in [3.05, 3.63) is 174 Å². The summed E-state index contributed by atoms with van der Waals surface area (Å²) in [7, 11) is 0. The summed E-state index contributed by atoms with van der Waals surface area (Å²) in [4.78, 5) is 2.45. The maximum Gasteiger partial charge on any atom is 0.144 e. The van der Waals surface area contributed by atoms with Gasteiger partial charge in [-0.1, -0.05) is 141 Å². The summed E-state index contributed by atoms with van der Waals surface area (Å²) in [6, 6.07) is 47.0. The Morgan fingerprint density at radius 1 is 0.660 bits per heavy atom. The molecular weight excluding hydrogens is 643 g/mol. The summed E-state index contributed by atoms with van der Waals surface area (Å²) < 4.78 is 7.19. The molecule has 0 amide bonds. The van der Waals surface area contributed by atoms with Gasteiger partial charge in [0.05, 0.1) is 0 Å². The molecule has 0 aliphatic heterocycles. The van der Waals surface area contributed by atoms with Crippen LogP contribution in [0.2, 0.25) is 0 Å². The maximum absolute atomic E-state index is 7.19. The number of anilines is 2. The molecule has 0 N–H and O–H groups in total. The van der Waals surface area contributed by atoms with Gasteiger partial charge in [0.2, 0.25) is 0 Å².